The number of hydrogen-bond donors (Lipinski definition) is 0. The Balaban J connectivity index is 1.78. The average Bonchev–Trinajstić information content (AvgIpc) is 2.93. The highest BCUT2D eigenvalue weighted by Crippen LogP contribution is 2.33. The zero-order chi connectivity index (χ0) is 14.8. The molecule has 0 bridgehead atoms. The van der Waals surface area contributed by atoms with Crippen molar-refractivity contribution in [2.75, 3.05) is 6.79 Å². The number of nitrogens with zero attached hydrogens (tertiary/aromatic N) is 1. The largest absolute Gasteiger partial charge is 0.483 e. The Kier molecular flexibility index (Phi) is 3.32. The molecule has 106 valence electrons. The van der Waals surface area contributed by atoms with Crippen LogP contribution in [0, 0.1) is 23.0 Å². The van der Waals surface area contributed by atoms with Crippen molar-refractivity contribution >= 4 is 0 Å². The normalized spacial score (nSPS) is 12.0. The Morgan fingerprint density at radius 1 is 1.10 bits per heavy atom. The van der Waals surface area contributed by atoms with Gasteiger partial charge in [0.1, 0.15) is 6.61 Å². The van der Waals surface area contributed by atoms with E-state index in [1.165, 1.54) is 0 Å². The third kappa shape index (κ3) is 2.58. The summed E-state index contributed by atoms with van der Waals surface area (Å²) in [7, 11) is 0. The van der Waals surface area contributed by atoms with Crippen molar-refractivity contribution in [3.05, 3.63) is 53.1 Å². The fraction of sp³-hybridized carbons (Fsp3) is 0.133. The van der Waals surface area contributed by atoms with Gasteiger partial charge in [-0.2, -0.15) is 5.26 Å². The Morgan fingerprint density at radius 2 is 1.81 bits per heavy atom. The SMILES string of the molecule is N#Cc1cc(F)c(OCc2ccc3c(c2)OCO3)c(F)c1. The molecular formula is C15H9F2NO3. The summed E-state index contributed by atoms with van der Waals surface area (Å²) in [6.07, 6.45) is 0. The third-order valence-corrected chi connectivity index (χ3v) is 2.95. The first-order valence-corrected chi connectivity index (χ1v) is 6.08. The highest BCUT2D eigenvalue weighted by molar-refractivity contribution is 5.44. The van der Waals surface area contributed by atoms with Crippen molar-refractivity contribution in [2.45, 2.75) is 6.61 Å². The van der Waals surface area contributed by atoms with Gasteiger partial charge < -0.3 is 14.2 Å². The minimum absolute atomic E-state index is 0.0314. The molecule has 1 heterocycles. The van der Waals surface area contributed by atoms with Gasteiger partial charge in [0, 0.05) is 0 Å². The van der Waals surface area contributed by atoms with Crippen LogP contribution in [0.3, 0.4) is 0 Å². The van der Waals surface area contributed by atoms with Crippen molar-refractivity contribution in [3.63, 3.8) is 0 Å². The fourth-order valence-corrected chi connectivity index (χ4v) is 1.95. The first-order valence-electron chi connectivity index (χ1n) is 6.08. The van der Waals surface area contributed by atoms with Crippen molar-refractivity contribution in [1.82, 2.24) is 0 Å². The van der Waals surface area contributed by atoms with Crippen LogP contribution < -0.4 is 14.2 Å². The Labute approximate surface area is 119 Å². The van der Waals surface area contributed by atoms with E-state index < -0.39 is 17.4 Å². The summed E-state index contributed by atoms with van der Waals surface area (Å²) in [5.74, 6) is -1.14. The van der Waals surface area contributed by atoms with Crippen LogP contribution in [-0.4, -0.2) is 6.79 Å². The van der Waals surface area contributed by atoms with Gasteiger partial charge in [-0.1, -0.05) is 6.07 Å². The summed E-state index contributed by atoms with van der Waals surface area (Å²) in [6.45, 7) is 0.120. The maximum absolute atomic E-state index is 13.7. The summed E-state index contributed by atoms with van der Waals surface area (Å²) >= 11 is 0. The number of fused-ring (bicyclic) bond motifs is 1. The summed E-state index contributed by atoms with van der Waals surface area (Å²) < 4.78 is 42.8. The molecular weight excluding hydrogens is 280 g/mol. The van der Waals surface area contributed by atoms with Crippen LogP contribution in [-0.2, 0) is 6.61 Å². The van der Waals surface area contributed by atoms with Gasteiger partial charge in [-0.3, -0.25) is 0 Å². The van der Waals surface area contributed by atoms with E-state index in [1.54, 1.807) is 24.3 Å². The lowest BCUT2D eigenvalue weighted by atomic mass is 10.2. The maximum atomic E-state index is 13.7. The van der Waals surface area contributed by atoms with Gasteiger partial charge in [0.15, 0.2) is 28.9 Å². The Morgan fingerprint density at radius 3 is 2.52 bits per heavy atom. The second kappa shape index (κ2) is 5.29. The number of ether oxygens (including phenoxy) is 3. The smallest absolute Gasteiger partial charge is 0.231 e. The van der Waals surface area contributed by atoms with Crippen LogP contribution in [0.5, 0.6) is 17.2 Å². The molecule has 2 aromatic carbocycles. The van der Waals surface area contributed by atoms with E-state index in [1.807, 2.05) is 0 Å². The summed E-state index contributed by atoms with van der Waals surface area (Å²) in [4.78, 5) is 0. The van der Waals surface area contributed by atoms with Gasteiger partial charge in [0.25, 0.3) is 0 Å². The van der Waals surface area contributed by atoms with Gasteiger partial charge >= 0.3 is 0 Å². The maximum Gasteiger partial charge on any atom is 0.231 e. The summed E-state index contributed by atoms with van der Waals surface area (Å²) in [5, 5.41) is 8.62. The van der Waals surface area contributed by atoms with E-state index in [0.29, 0.717) is 17.1 Å². The van der Waals surface area contributed by atoms with Crippen molar-refractivity contribution in [3.8, 4) is 23.3 Å². The van der Waals surface area contributed by atoms with Gasteiger partial charge in [-0.25, -0.2) is 8.78 Å². The van der Waals surface area contributed by atoms with E-state index in [4.69, 9.17) is 19.5 Å². The molecule has 0 atom stereocenters. The summed E-state index contributed by atoms with van der Waals surface area (Å²) in [6, 6.07) is 8.63. The van der Waals surface area contributed by atoms with E-state index in [2.05, 4.69) is 0 Å². The second-order valence-corrected chi connectivity index (χ2v) is 4.36. The predicted molar refractivity (Wildman–Crippen MR) is 68.0 cm³/mol. The van der Waals surface area contributed by atoms with Gasteiger partial charge in [0.05, 0.1) is 11.6 Å². The number of halogens is 2. The van der Waals surface area contributed by atoms with Crippen LogP contribution in [0.25, 0.3) is 0 Å². The van der Waals surface area contributed by atoms with Crippen molar-refractivity contribution in [1.29, 1.82) is 5.26 Å². The molecule has 0 saturated carbocycles. The van der Waals surface area contributed by atoms with Crippen molar-refractivity contribution < 1.29 is 23.0 Å². The van der Waals surface area contributed by atoms with Crippen LogP contribution >= 0.6 is 0 Å². The Bertz CT molecular complexity index is 717. The number of rotatable bonds is 3. The van der Waals surface area contributed by atoms with Crippen LogP contribution in [0.15, 0.2) is 30.3 Å². The number of benzene rings is 2. The number of hydrogen-bond acceptors (Lipinski definition) is 4. The first kappa shape index (κ1) is 13.2. The molecule has 6 heteroatoms. The lowest BCUT2D eigenvalue weighted by Gasteiger charge is -2.09. The standard InChI is InChI=1S/C15H9F2NO3/c16-11-3-10(6-18)4-12(17)15(11)19-7-9-1-2-13-14(5-9)21-8-20-13/h1-5H,7-8H2. The fourth-order valence-electron chi connectivity index (χ4n) is 1.95. The topological polar surface area (TPSA) is 51.5 Å². The zero-order valence-corrected chi connectivity index (χ0v) is 10.7. The quantitative estimate of drug-likeness (QED) is 0.871. The molecule has 21 heavy (non-hydrogen) atoms. The average molecular weight is 289 g/mol. The van der Waals surface area contributed by atoms with E-state index in [0.717, 1.165) is 12.1 Å². The zero-order valence-electron chi connectivity index (χ0n) is 10.7. The first-order chi connectivity index (χ1) is 10.2. The molecule has 4 nitrogen and oxygen atoms in total. The van der Waals surface area contributed by atoms with Gasteiger partial charge in [0.2, 0.25) is 6.79 Å². The van der Waals surface area contributed by atoms with Crippen LogP contribution in [0.4, 0.5) is 8.78 Å². The number of nitriles is 1. The third-order valence-electron chi connectivity index (χ3n) is 2.95. The molecule has 2 aromatic rings. The molecule has 0 unspecified atom stereocenters. The van der Waals surface area contributed by atoms with Crippen molar-refractivity contribution in [2.24, 2.45) is 0 Å². The molecule has 0 amide bonds. The van der Waals surface area contributed by atoms with Gasteiger partial charge in [-0.05, 0) is 29.8 Å². The molecule has 0 saturated heterocycles. The molecule has 1 aliphatic rings. The van der Waals surface area contributed by atoms with Crippen LogP contribution in [0.2, 0.25) is 0 Å². The summed E-state index contributed by atoms with van der Waals surface area (Å²) in [5.41, 5.74) is 0.586. The molecule has 0 aliphatic carbocycles. The molecule has 0 N–H and O–H groups in total. The van der Waals surface area contributed by atoms with E-state index >= 15 is 0 Å². The predicted octanol–water partition coefficient (Wildman–Crippen LogP) is 3.14. The molecule has 0 radical (unpaired) electrons. The van der Waals surface area contributed by atoms with Crippen LogP contribution in [0.1, 0.15) is 11.1 Å². The highest BCUT2D eigenvalue weighted by Gasteiger charge is 2.15. The molecule has 0 spiro atoms. The molecule has 0 fully saturated rings. The minimum atomic E-state index is -0.910. The molecule has 0 aromatic heterocycles. The van der Waals surface area contributed by atoms with E-state index in [9.17, 15) is 8.78 Å². The highest BCUT2D eigenvalue weighted by atomic mass is 19.1. The molecule has 1 aliphatic heterocycles. The Hall–Kier alpha value is -2.81. The lowest BCUT2D eigenvalue weighted by molar-refractivity contribution is 0.174. The minimum Gasteiger partial charge on any atom is -0.483 e. The van der Waals surface area contributed by atoms with E-state index in [-0.39, 0.29) is 19.0 Å². The van der Waals surface area contributed by atoms with Gasteiger partial charge in [-0.15, -0.1) is 0 Å². The lowest BCUT2D eigenvalue weighted by Crippen LogP contribution is -2.00. The monoisotopic (exact) mass is 289 g/mol. The molecule has 3 rings (SSSR count). The second-order valence-electron chi connectivity index (χ2n) is 4.36.